The normalized spacial score (nSPS) is 11.9. The molecule has 0 atom stereocenters. The highest BCUT2D eigenvalue weighted by Crippen LogP contribution is 2.29. The first kappa shape index (κ1) is 10.4. The molecule has 0 saturated carbocycles. The van der Waals surface area contributed by atoms with Gasteiger partial charge < -0.3 is 4.57 Å². The van der Waals surface area contributed by atoms with Crippen molar-refractivity contribution >= 4 is 32.6 Å². The minimum Gasteiger partial charge on any atom is -0.317 e. The molecule has 2 aromatic carbocycles. The van der Waals surface area contributed by atoms with Crippen molar-refractivity contribution in [3.8, 4) is 0 Å². The number of aromatic nitrogens is 3. The summed E-state index contributed by atoms with van der Waals surface area (Å²) in [5.74, 6) is 0. The Kier molecular flexibility index (Phi) is 1.81. The molecule has 2 heterocycles. The molecule has 0 aliphatic rings. The summed E-state index contributed by atoms with van der Waals surface area (Å²) >= 11 is 0. The van der Waals surface area contributed by atoms with E-state index in [4.69, 9.17) is 0 Å². The van der Waals surface area contributed by atoms with Crippen LogP contribution >= 0.6 is 0 Å². The lowest BCUT2D eigenvalue weighted by molar-refractivity contribution is -0.647. The van der Waals surface area contributed by atoms with Gasteiger partial charge in [0.25, 0.3) is 11.9 Å². The van der Waals surface area contributed by atoms with Crippen molar-refractivity contribution in [2.24, 2.45) is 14.1 Å². The Morgan fingerprint density at radius 1 is 1.16 bits per heavy atom. The second-order valence-corrected chi connectivity index (χ2v) is 4.96. The second kappa shape index (κ2) is 3.29. The first-order valence-corrected chi connectivity index (χ1v) is 6.15. The summed E-state index contributed by atoms with van der Waals surface area (Å²) in [6.07, 6.45) is 3.69. The van der Waals surface area contributed by atoms with Crippen LogP contribution in [0.5, 0.6) is 0 Å². The highest BCUT2D eigenvalue weighted by molar-refractivity contribution is 6.20. The number of rotatable bonds is 0. The van der Waals surface area contributed by atoms with E-state index in [1.807, 2.05) is 42.1 Å². The van der Waals surface area contributed by atoms with Crippen molar-refractivity contribution in [2.75, 3.05) is 0 Å². The summed E-state index contributed by atoms with van der Waals surface area (Å²) in [6.45, 7) is 0. The maximum absolute atomic E-state index is 12.3. The molecule has 0 fully saturated rings. The lowest BCUT2D eigenvalue weighted by Crippen LogP contribution is -2.29. The zero-order chi connectivity index (χ0) is 13.1. The van der Waals surface area contributed by atoms with Gasteiger partial charge in [-0.3, -0.25) is 4.79 Å². The van der Waals surface area contributed by atoms with E-state index in [9.17, 15) is 4.79 Å². The van der Waals surface area contributed by atoms with Gasteiger partial charge in [-0.2, -0.15) is 0 Å². The lowest BCUT2D eigenvalue weighted by atomic mass is 10.0. The van der Waals surface area contributed by atoms with Crippen molar-refractivity contribution in [3.63, 3.8) is 0 Å². The van der Waals surface area contributed by atoms with Gasteiger partial charge in [-0.25, -0.2) is 4.57 Å². The Morgan fingerprint density at radius 2 is 2.00 bits per heavy atom. The van der Waals surface area contributed by atoms with Crippen molar-refractivity contribution in [2.45, 2.75) is 0 Å². The van der Waals surface area contributed by atoms with Crippen molar-refractivity contribution in [1.82, 2.24) is 9.55 Å². The van der Waals surface area contributed by atoms with Crippen LogP contribution in [-0.4, -0.2) is 9.55 Å². The van der Waals surface area contributed by atoms with E-state index in [1.54, 1.807) is 17.9 Å². The third-order valence-corrected chi connectivity index (χ3v) is 3.78. The van der Waals surface area contributed by atoms with Crippen LogP contribution in [0.1, 0.15) is 0 Å². The fraction of sp³-hybridized carbons (Fsp3) is 0.133. The number of hydrogen-bond acceptors (Lipinski definition) is 2. The Bertz CT molecular complexity index is 1000. The van der Waals surface area contributed by atoms with Crippen LogP contribution in [0.2, 0.25) is 0 Å². The minimum atomic E-state index is 0.0356. The molecule has 92 valence electrons. The molecular formula is C15H12N3O+. The van der Waals surface area contributed by atoms with Crippen LogP contribution in [0.15, 0.2) is 41.6 Å². The van der Waals surface area contributed by atoms with Gasteiger partial charge in [0.1, 0.15) is 5.52 Å². The zero-order valence-corrected chi connectivity index (χ0v) is 10.7. The molecule has 2 aromatic heterocycles. The van der Waals surface area contributed by atoms with E-state index in [0.717, 1.165) is 32.6 Å². The third-order valence-electron chi connectivity index (χ3n) is 3.78. The number of hydrogen-bond donors (Lipinski definition) is 0. The zero-order valence-electron chi connectivity index (χ0n) is 10.7. The van der Waals surface area contributed by atoms with E-state index in [2.05, 4.69) is 4.98 Å². The molecule has 4 rings (SSSR count). The maximum Gasteiger partial charge on any atom is 0.287 e. The molecule has 19 heavy (non-hydrogen) atoms. The topological polar surface area (TPSA) is 38.8 Å². The maximum atomic E-state index is 12.3. The van der Waals surface area contributed by atoms with Crippen LogP contribution in [0.25, 0.3) is 32.6 Å². The molecule has 4 aromatic rings. The number of aryl methyl sites for hydroxylation is 2. The van der Waals surface area contributed by atoms with Crippen LogP contribution in [0, 0.1) is 0 Å². The van der Waals surface area contributed by atoms with Crippen LogP contribution in [0.3, 0.4) is 0 Å². The van der Waals surface area contributed by atoms with Gasteiger partial charge in [0, 0.05) is 24.0 Å². The van der Waals surface area contributed by atoms with Crippen LogP contribution < -0.4 is 10.1 Å². The molecule has 4 nitrogen and oxygen atoms in total. The van der Waals surface area contributed by atoms with Crippen molar-refractivity contribution < 1.29 is 4.57 Å². The fourth-order valence-electron chi connectivity index (χ4n) is 2.84. The predicted molar refractivity (Wildman–Crippen MR) is 74.4 cm³/mol. The largest absolute Gasteiger partial charge is 0.317 e. The minimum absolute atomic E-state index is 0.0356. The molecule has 0 unspecified atom stereocenters. The van der Waals surface area contributed by atoms with Gasteiger partial charge in [0.2, 0.25) is 0 Å². The summed E-state index contributed by atoms with van der Waals surface area (Å²) < 4.78 is 3.62. The van der Waals surface area contributed by atoms with E-state index in [-0.39, 0.29) is 5.56 Å². The SMILES string of the molecule is Cn1cc2ccc3nc[n+](C)c4ccc(c1=O)c2c34. The lowest BCUT2D eigenvalue weighted by Gasteiger charge is -2.09. The van der Waals surface area contributed by atoms with E-state index >= 15 is 0 Å². The summed E-state index contributed by atoms with van der Waals surface area (Å²) in [5, 5.41) is 3.91. The second-order valence-electron chi connectivity index (χ2n) is 4.96. The standard InChI is InChI=1S/C15H12N3O/c1-17-7-9-3-5-11-14-12(18(2)8-16-11)6-4-10(13(9)14)15(17)19/h3-8H,1-2H3/q+1. The van der Waals surface area contributed by atoms with E-state index in [1.165, 1.54) is 0 Å². The van der Waals surface area contributed by atoms with Crippen molar-refractivity contribution in [1.29, 1.82) is 0 Å². The molecule has 0 N–H and O–H groups in total. The molecule has 0 saturated heterocycles. The molecule has 0 aliphatic carbocycles. The Labute approximate surface area is 108 Å². The number of benzene rings is 2. The van der Waals surface area contributed by atoms with Gasteiger partial charge in [-0.1, -0.05) is 0 Å². The monoisotopic (exact) mass is 250 g/mol. The summed E-state index contributed by atoms with van der Waals surface area (Å²) in [4.78, 5) is 16.7. The average molecular weight is 250 g/mol. The van der Waals surface area contributed by atoms with Crippen LogP contribution in [-0.2, 0) is 14.1 Å². The van der Waals surface area contributed by atoms with Crippen molar-refractivity contribution in [3.05, 3.63) is 47.1 Å². The van der Waals surface area contributed by atoms with Gasteiger partial charge in [-0.05, 0) is 34.6 Å². The highest BCUT2D eigenvalue weighted by Gasteiger charge is 2.16. The third kappa shape index (κ3) is 1.20. The Balaban J connectivity index is 2.48. The molecule has 0 spiro atoms. The molecule has 0 bridgehead atoms. The molecule has 0 aliphatic heterocycles. The average Bonchev–Trinajstić information content (AvgIpc) is 2.42. The van der Waals surface area contributed by atoms with E-state index in [0.29, 0.717) is 0 Å². The number of pyridine rings is 1. The highest BCUT2D eigenvalue weighted by atomic mass is 16.1. The summed E-state index contributed by atoms with van der Waals surface area (Å²) in [5.41, 5.74) is 2.06. The van der Waals surface area contributed by atoms with Gasteiger partial charge in [-0.15, -0.1) is 0 Å². The molecule has 0 amide bonds. The summed E-state index contributed by atoms with van der Waals surface area (Å²) in [7, 11) is 3.76. The summed E-state index contributed by atoms with van der Waals surface area (Å²) in [6, 6.07) is 7.94. The number of nitrogens with zero attached hydrogens (tertiary/aromatic N) is 3. The molecule has 0 radical (unpaired) electrons. The Hall–Kier alpha value is -2.49. The molecule has 4 heteroatoms. The fourth-order valence-corrected chi connectivity index (χ4v) is 2.84. The quantitative estimate of drug-likeness (QED) is 0.350. The first-order chi connectivity index (χ1) is 9.16. The van der Waals surface area contributed by atoms with Gasteiger partial charge >= 0.3 is 0 Å². The first-order valence-electron chi connectivity index (χ1n) is 6.15. The van der Waals surface area contributed by atoms with Gasteiger partial charge in [0.05, 0.1) is 12.4 Å². The smallest absolute Gasteiger partial charge is 0.287 e. The predicted octanol–water partition coefficient (Wildman–Crippen LogP) is 1.50. The Morgan fingerprint density at radius 3 is 2.84 bits per heavy atom. The van der Waals surface area contributed by atoms with Gasteiger partial charge in [0.15, 0.2) is 5.52 Å². The van der Waals surface area contributed by atoms with E-state index < -0.39 is 0 Å². The molecular weight excluding hydrogens is 238 g/mol. The van der Waals surface area contributed by atoms with Crippen LogP contribution in [0.4, 0.5) is 0 Å².